The van der Waals surface area contributed by atoms with Crippen molar-refractivity contribution in [1.82, 2.24) is 5.32 Å². The molecule has 24 heavy (non-hydrogen) atoms. The third kappa shape index (κ3) is 2.51. The van der Waals surface area contributed by atoms with Crippen molar-refractivity contribution in [3.8, 4) is 0 Å². The SMILES string of the molecule is O=C(NC[C@]1(O)C[C@@H]2CC[C@H]1C2)c1cc(=O)c2ccc(F)cc2o1. The first-order chi connectivity index (χ1) is 11.4. The van der Waals surface area contributed by atoms with Crippen LogP contribution in [0.5, 0.6) is 0 Å². The average Bonchev–Trinajstić information content (AvgIpc) is 3.12. The van der Waals surface area contributed by atoms with E-state index in [9.17, 15) is 19.1 Å². The average molecular weight is 331 g/mol. The van der Waals surface area contributed by atoms with Gasteiger partial charge in [-0.2, -0.15) is 0 Å². The quantitative estimate of drug-likeness (QED) is 0.904. The summed E-state index contributed by atoms with van der Waals surface area (Å²) in [5.41, 5.74) is -1.24. The van der Waals surface area contributed by atoms with Crippen molar-refractivity contribution in [3.05, 3.63) is 46.1 Å². The fourth-order valence-electron chi connectivity index (χ4n) is 4.19. The normalized spacial score (nSPS) is 28.4. The lowest BCUT2D eigenvalue weighted by Crippen LogP contribution is -2.46. The number of rotatable bonds is 3. The summed E-state index contributed by atoms with van der Waals surface area (Å²) in [7, 11) is 0. The van der Waals surface area contributed by atoms with Crippen molar-refractivity contribution in [1.29, 1.82) is 0 Å². The van der Waals surface area contributed by atoms with Crippen LogP contribution in [0.3, 0.4) is 0 Å². The van der Waals surface area contributed by atoms with E-state index in [1.54, 1.807) is 0 Å². The van der Waals surface area contributed by atoms with Crippen LogP contribution in [0, 0.1) is 17.7 Å². The van der Waals surface area contributed by atoms with Crippen molar-refractivity contribution in [2.45, 2.75) is 31.3 Å². The molecule has 2 aromatic rings. The molecule has 0 spiro atoms. The number of halogens is 1. The zero-order valence-corrected chi connectivity index (χ0v) is 13.0. The third-order valence-corrected chi connectivity index (χ3v) is 5.41. The first-order valence-corrected chi connectivity index (χ1v) is 8.19. The highest BCUT2D eigenvalue weighted by atomic mass is 19.1. The van der Waals surface area contributed by atoms with Gasteiger partial charge in [0.25, 0.3) is 5.91 Å². The van der Waals surface area contributed by atoms with Crippen molar-refractivity contribution < 1.29 is 18.7 Å². The molecule has 0 radical (unpaired) electrons. The summed E-state index contributed by atoms with van der Waals surface area (Å²) in [6.45, 7) is 0.137. The van der Waals surface area contributed by atoms with Crippen LogP contribution in [-0.4, -0.2) is 23.2 Å². The summed E-state index contributed by atoms with van der Waals surface area (Å²) in [5.74, 6) is -0.530. The molecule has 126 valence electrons. The number of amides is 1. The van der Waals surface area contributed by atoms with E-state index in [2.05, 4.69) is 5.32 Å². The fourth-order valence-corrected chi connectivity index (χ4v) is 4.19. The molecule has 1 heterocycles. The van der Waals surface area contributed by atoms with Gasteiger partial charge < -0.3 is 14.8 Å². The Morgan fingerprint density at radius 3 is 2.92 bits per heavy atom. The number of hydrogen-bond donors (Lipinski definition) is 2. The van der Waals surface area contributed by atoms with Crippen LogP contribution >= 0.6 is 0 Å². The van der Waals surface area contributed by atoms with Gasteiger partial charge in [0.05, 0.1) is 11.0 Å². The minimum absolute atomic E-state index is 0.0336. The van der Waals surface area contributed by atoms with Gasteiger partial charge in [0, 0.05) is 18.7 Å². The van der Waals surface area contributed by atoms with Crippen LogP contribution in [-0.2, 0) is 0 Å². The molecule has 2 aliphatic carbocycles. The van der Waals surface area contributed by atoms with Gasteiger partial charge in [0.1, 0.15) is 11.4 Å². The monoisotopic (exact) mass is 331 g/mol. The van der Waals surface area contributed by atoms with Crippen LogP contribution in [0.15, 0.2) is 33.5 Å². The zero-order chi connectivity index (χ0) is 16.9. The lowest BCUT2D eigenvalue weighted by Gasteiger charge is -2.32. The van der Waals surface area contributed by atoms with Crippen LogP contribution in [0.4, 0.5) is 4.39 Å². The molecule has 5 nitrogen and oxygen atoms in total. The van der Waals surface area contributed by atoms with Gasteiger partial charge in [-0.15, -0.1) is 0 Å². The maximum Gasteiger partial charge on any atom is 0.287 e. The Bertz CT molecular complexity index is 877. The number of fused-ring (bicyclic) bond motifs is 3. The molecule has 1 aromatic heterocycles. The Balaban J connectivity index is 1.54. The fraction of sp³-hybridized carbons (Fsp3) is 0.444. The Hall–Kier alpha value is -2.21. The van der Waals surface area contributed by atoms with Crippen LogP contribution < -0.4 is 10.7 Å². The lowest BCUT2D eigenvalue weighted by atomic mass is 9.84. The van der Waals surface area contributed by atoms with E-state index >= 15 is 0 Å². The van der Waals surface area contributed by atoms with Crippen LogP contribution in [0.25, 0.3) is 11.0 Å². The molecule has 4 rings (SSSR count). The van der Waals surface area contributed by atoms with E-state index in [0.29, 0.717) is 12.3 Å². The second-order valence-corrected chi connectivity index (χ2v) is 6.98. The van der Waals surface area contributed by atoms with E-state index in [1.807, 2.05) is 0 Å². The summed E-state index contributed by atoms with van der Waals surface area (Å²) in [6.07, 6.45) is 3.84. The third-order valence-electron chi connectivity index (χ3n) is 5.41. The van der Waals surface area contributed by atoms with Gasteiger partial charge in [0.2, 0.25) is 0 Å². The van der Waals surface area contributed by atoms with Gasteiger partial charge >= 0.3 is 0 Å². The lowest BCUT2D eigenvalue weighted by molar-refractivity contribution is -0.0111. The number of carbonyl (C=O) groups excluding carboxylic acids is 1. The van der Waals surface area contributed by atoms with E-state index in [-0.39, 0.29) is 29.2 Å². The van der Waals surface area contributed by atoms with Crippen molar-refractivity contribution in [2.24, 2.45) is 11.8 Å². The topological polar surface area (TPSA) is 79.5 Å². The molecule has 2 saturated carbocycles. The van der Waals surface area contributed by atoms with Crippen molar-refractivity contribution >= 4 is 16.9 Å². The minimum Gasteiger partial charge on any atom is -0.451 e. The van der Waals surface area contributed by atoms with E-state index in [1.165, 1.54) is 12.1 Å². The van der Waals surface area contributed by atoms with Gasteiger partial charge in [-0.3, -0.25) is 9.59 Å². The molecule has 0 unspecified atom stereocenters. The van der Waals surface area contributed by atoms with Gasteiger partial charge in [-0.25, -0.2) is 4.39 Å². The molecule has 2 aliphatic rings. The van der Waals surface area contributed by atoms with E-state index in [0.717, 1.165) is 31.4 Å². The standard InChI is InChI=1S/C18H18FNO4/c19-12-3-4-13-14(21)7-16(24-15(13)6-12)17(22)20-9-18(23)8-10-1-2-11(18)5-10/h3-4,6-7,10-11,23H,1-2,5,8-9H2,(H,20,22)/t10-,11+,18-/m1/s1. The largest absolute Gasteiger partial charge is 0.451 e. The highest BCUT2D eigenvalue weighted by Crippen LogP contribution is 2.50. The van der Waals surface area contributed by atoms with E-state index < -0.39 is 22.8 Å². The maximum absolute atomic E-state index is 13.3. The minimum atomic E-state index is -0.873. The van der Waals surface area contributed by atoms with Crippen LogP contribution in [0.2, 0.25) is 0 Å². The van der Waals surface area contributed by atoms with Gasteiger partial charge in [0.15, 0.2) is 11.2 Å². The Morgan fingerprint density at radius 1 is 1.38 bits per heavy atom. The first-order valence-electron chi connectivity index (χ1n) is 8.19. The van der Waals surface area contributed by atoms with Gasteiger partial charge in [-0.05, 0) is 49.7 Å². The number of nitrogens with one attached hydrogen (secondary N) is 1. The highest BCUT2D eigenvalue weighted by Gasteiger charge is 2.49. The second kappa shape index (κ2) is 5.41. The van der Waals surface area contributed by atoms with Gasteiger partial charge in [-0.1, -0.05) is 0 Å². The first kappa shape index (κ1) is 15.3. The second-order valence-electron chi connectivity index (χ2n) is 6.98. The predicted molar refractivity (Wildman–Crippen MR) is 85.2 cm³/mol. The summed E-state index contributed by atoms with van der Waals surface area (Å²) in [6, 6.07) is 4.68. The number of hydrogen-bond acceptors (Lipinski definition) is 4. The molecule has 6 heteroatoms. The molecule has 1 aromatic carbocycles. The number of benzene rings is 1. The Labute approximate surface area is 137 Å². The van der Waals surface area contributed by atoms with E-state index in [4.69, 9.17) is 4.42 Å². The summed E-state index contributed by atoms with van der Waals surface area (Å²) in [4.78, 5) is 24.3. The molecule has 0 aliphatic heterocycles. The van der Waals surface area contributed by atoms with Crippen molar-refractivity contribution in [2.75, 3.05) is 6.54 Å². The predicted octanol–water partition coefficient (Wildman–Crippen LogP) is 2.21. The molecule has 2 fully saturated rings. The zero-order valence-electron chi connectivity index (χ0n) is 13.0. The Morgan fingerprint density at radius 2 is 2.21 bits per heavy atom. The maximum atomic E-state index is 13.3. The smallest absolute Gasteiger partial charge is 0.287 e. The summed E-state index contributed by atoms with van der Waals surface area (Å²) in [5, 5.41) is 13.6. The molecule has 1 amide bonds. The molecule has 2 N–H and O–H groups in total. The Kier molecular flexibility index (Phi) is 3.46. The molecular weight excluding hydrogens is 313 g/mol. The molecule has 3 atom stereocenters. The molecule has 0 saturated heterocycles. The van der Waals surface area contributed by atoms with Crippen LogP contribution in [0.1, 0.15) is 36.2 Å². The summed E-state index contributed by atoms with van der Waals surface area (Å²) >= 11 is 0. The molecular formula is C18H18FNO4. The highest BCUT2D eigenvalue weighted by molar-refractivity contribution is 5.93. The molecule has 2 bridgehead atoms. The number of aliphatic hydroxyl groups is 1. The van der Waals surface area contributed by atoms with Crippen molar-refractivity contribution in [3.63, 3.8) is 0 Å². The summed E-state index contributed by atoms with van der Waals surface area (Å²) < 4.78 is 18.7. The number of carbonyl (C=O) groups is 1.